The first-order valence-corrected chi connectivity index (χ1v) is 6.73. The predicted octanol–water partition coefficient (Wildman–Crippen LogP) is 3.65. The van der Waals surface area contributed by atoms with Crippen molar-refractivity contribution in [3.63, 3.8) is 0 Å². The van der Waals surface area contributed by atoms with Gasteiger partial charge in [-0.2, -0.15) is 0 Å². The first kappa shape index (κ1) is 14.1. The van der Waals surface area contributed by atoms with Gasteiger partial charge in [0.05, 0.1) is 0 Å². The van der Waals surface area contributed by atoms with Gasteiger partial charge in [0.2, 0.25) is 0 Å². The minimum atomic E-state index is -0.0330. The summed E-state index contributed by atoms with van der Waals surface area (Å²) in [7, 11) is 0. The Morgan fingerprint density at radius 3 is 2.65 bits per heavy atom. The number of aryl methyl sites for hydroxylation is 1. The van der Waals surface area contributed by atoms with Crippen LogP contribution < -0.4 is 5.32 Å². The van der Waals surface area contributed by atoms with Gasteiger partial charge in [-0.3, -0.25) is 4.79 Å². The molecule has 0 aliphatic carbocycles. The molecule has 1 amide bonds. The van der Waals surface area contributed by atoms with Crippen LogP contribution in [0, 0.1) is 6.92 Å². The highest BCUT2D eigenvalue weighted by atomic mass is 16.1. The largest absolute Gasteiger partial charge is 0.348 e. The molecule has 0 spiro atoms. The molecule has 0 aromatic heterocycles. The van der Waals surface area contributed by atoms with Crippen LogP contribution in [0.5, 0.6) is 0 Å². The average Bonchev–Trinajstić information content (AvgIpc) is 2.48. The van der Waals surface area contributed by atoms with E-state index in [1.807, 2.05) is 61.5 Å². The Balaban J connectivity index is 2.12. The summed E-state index contributed by atoms with van der Waals surface area (Å²) in [5, 5.41) is 2.97. The third-order valence-electron chi connectivity index (χ3n) is 3.17. The zero-order valence-corrected chi connectivity index (χ0v) is 11.7. The monoisotopic (exact) mass is 265 g/mol. The molecule has 0 atom stereocenters. The molecule has 1 N–H and O–H groups in total. The maximum atomic E-state index is 12.3. The van der Waals surface area contributed by atoms with Crippen molar-refractivity contribution in [2.24, 2.45) is 0 Å². The van der Waals surface area contributed by atoms with Gasteiger partial charge in [0.15, 0.2) is 0 Å². The van der Waals surface area contributed by atoms with Crippen LogP contribution in [-0.4, -0.2) is 5.91 Å². The van der Waals surface area contributed by atoms with Gasteiger partial charge >= 0.3 is 0 Å². The van der Waals surface area contributed by atoms with E-state index in [4.69, 9.17) is 0 Å². The minimum Gasteiger partial charge on any atom is -0.348 e. The van der Waals surface area contributed by atoms with Crippen LogP contribution in [0.1, 0.15) is 27.0 Å². The molecule has 2 heteroatoms. The van der Waals surface area contributed by atoms with Crippen LogP contribution in [0.15, 0.2) is 61.2 Å². The Morgan fingerprint density at radius 1 is 1.20 bits per heavy atom. The predicted molar refractivity (Wildman–Crippen MR) is 82.7 cm³/mol. The third kappa shape index (κ3) is 3.58. The van der Waals surface area contributed by atoms with Gasteiger partial charge in [0, 0.05) is 12.1 Å². The maximum absolute atomic E-state index is 12.3. The first-order valence-electron chi connectivity index (χ1n) is 6.73. The number of hydrogen-bond donors (Lipinski definition) is 1. The summed E-state index contributed by atoms with van der Waals surface area (Å²) in [6.45, 7) is 6.28. The third-order valence-corrected chi connectivity index (χ3v) is 3.17. The van der Waals surface area contributed by atoms with Crippen molar-refractivity contribution in [1.82, 2.24) is 5.32 Å². The lowest BCUT2D eigenvalue weighted by Crippen LogP contribution is -2.24. The molecular weight excluding hydrogens is 246 g/mol. The lowest BCUT2D eigenvalue weighted by Gasteiger charge is -2.10. The molecule has 0 unspecified atom stereocenters. The van der Waals surface area contributed by atoms with E-state index in [-0.39, 0.29) is 5.91 Å². The topological polar surface area (TPSA) is 29.1 Å². The number of nitrogens with one attached hydrogen (secondary N) is 1. The Labute approximate surface area is 120 Å². The van der Waals surface area contributed by atoms with Crippen molar-refractivity contribution in [3.05, 3.63) is 83.4 Å². The van der Waals surface area contributed by atoms with E-state index >= 15 is 0 Å². The molecule has 102 valence electrons. The number of allylic oxidation sites excluding steroid dienone is 1. The second kappa shape index (κ2) is 6.71. The van der Waals surface area contributed by atoms with Gasteiger partial charge in [0.1, 0.15) is 0 Å². The Bertz CT molecular complexity index is 602. The van der Waals surface area contributed by atoms with Gasteiger partial charge in [0.25, 0.3) is 5.91 Å². The summed E-state index contributed by atoms with van der Waals surface area (Å²) in [6.07, 6.45) is 2.52. The molecule has 2 aromatic carbocycles. The summed E-state index contributed by atoms with van der Waals surface area (Å²) in [4.78, 5) is 12.3. The zero-order chi connectivity index (χ0) is 14.4. The van der Waals surface area contributed by atoms with E-state index in [2.05, 4.69) is 11.9 Å². The van der Waals surface area contributed by atoms with E-state index < -0.39 is 0 Å². The standard InChI is InChI=1S/C18H19NO/c1-3-7-16-11-10-14(2)12-17(16)18(20)19-13-15-8-5-4-6-9-15/h3-6,8-12H,1,7,13H2,2H3,(H,19,20). The van der Waals surface area contributed by atoms with Crippen LogP contribution in [-0.2, 0) is 13.0 Å². The fourth-order valence-corrected chi connectivity index (χ4v) is 2.11. The quantitative estimate of drug-likeness (QED) is 0.821. The maximum Gasteiger partial charge on any atom is 0.251 e. The van der Waals surface area contributed by atoms with Crippen LogP contribution in [0.25, 0.3) is 0 Å². The summed E-state index contributed by atoms with van der Waals surface area (Å²) < 4.78 is 0. The molecule has 0 bridgehead atoms. The number of rotatable bonds is 5. The van der Waals surface area contributed by atoms with Gasteiger partial charge in [-0.1, -0.05) is 54.1 Å². The van der Waals surface area contributed by atoms with Gasteiger partial charge in [-0.15, -0.1) is 6.58 Å². The molecule has 0 aliphatic rings. The summed E-state index contributed by atoms with van der Waals surface area (Å²) in [6, 6.07) is 15.9. The van der Waals surface area contributed by atoms with E-state index in [9.17, 15) is 4.79 Å². The summed E-state index contributed by atoms with van der Waals surface area (Å²) in [5.41, 5.74) is 3.93. The van der Waals surface area contributed by atoms with Gasteiger partial charge < -0.3 is 5.32 Å². The fraction of sp³-hybridized carbons (Fsp3) is 0.167. The second-order valence-corrected chi connectivity index (χ2v) is 4.82. The highest BCUT2D eigenvalue weighted by Gasteiger charge is 2.10. The average molecular weight is 265 g/mol. The number of carbonyl (C=O) groups is 1. The Kier molecular flexibility index (Phi) is 4.72. The molecule has 2 aromatic rings. The summed E-state index contributed by atoms with van der Waals surface area (Å²) in [5.74, 6) is -0.0330. The molecule has 0 saturated heterocycles. The first-order chi connectivity index (χ1) is 9.70. The van der Waals surface area contributed by atoms with Crippen LogP contribution >= 0.6 is 0 Å². The van der Waals surface area contributed by atoms with Crippen LogP contribution in [0.4, 0.5) is 0 Å². The Morgan fingerprint density at radius 2 is 1.95 bits per heavy atom. The molecular formula is C18H19NO. The fourth-order valence-electron chi connectivity index (χ4n) is 2.11. The highest BCUT2D eigenvalue weighted by molar-refractivity contribution is 5.95. The van der Waals surface area contributed by atoms with Crippen LogP contribution in [0.3, 0.4) is 0 Å². The van der Waals surface area contributed by atoms with Gasteiger partial charge in [-0.05, 0) is 30.5 Å². The van der Waals surface area contributed by atoms with E-state index in [1.54, 1.807) is 0 Å². The highest BCUT2D eigenvalue weighted by Crippen LogP contribution is 2.13. The molecule has 20 heavy (non-hydrogen) atoms. The van der Waals surface area contributed by atoms with Crippen molar-refractivity contribution in [1.29, 1.82) is 0 Å². The number of hydrogen-bond acceptors (Lipinski definition) is 1. The van der Waals surface area contributed by atoms with Crippen molar-refractivity contribution in [2.75, 3.05) is 0 Å². The van der Waals surface area contributed by atoms with Crippen molar-refractivity contribution in [3.8, 4) is 0 Å². The lowest BCUT2D eigenvalue weighted by molar-refractivity contribution is 0.0950. The smallest absolute Gasteiger partial charge is 0.251 e. The molecule has 0 radical (unpaired) electrons. The minimum absolute atomic E-state index is 0.0330. The number of carbonyl (C=O) groups excluding carboxylic acids is 1. The molecule has 0 fully saturated rings. The normalized spacial score (nSPS) is 10.1. The lowest BCUT2D eigenvalue weighted by atomic mass is 10.0. The summed E-state index contributed by atoms with van der Waals surface area (Å²) >= 11 is 0. The zero-order valence-electron chi connectivity index (χ0n) is 11.7. The molecule has 2 nitrogen and oxygen atoms in total. The van der Waals surface area contributed by atoms with Crippen molar-refractivity contribution < 1.29 is 4.79 Å². The van der Waals surface area contributed by atoms with E-state index in [0.29, 0.717) is 13.0 Å². The molecule has 2 rings (SSSR count). The molecule has 0 aliphatic heterocycles. The van der Waals surface area contributed by atoms with Crippen molar-refractivity contribution >= 4 is 5.91 Å². The van der Waals surface area contributed by atoms with Crippen LogP contribution in [0.2, 0.25) is 0 Å². The van der Waals surface area contributed by atoms with Crippen molar-refractivity contribution in [2.45, 2.75) is 19.9 Å². The SMILES string of the molecule is C=CCc1ccc(C)cc1C(=O)NCc1ccccc1. The van der Waals surface area contributed by atoms with E-state index in [1.165, 1.54) is 0 Å². The molecule has 0 heterocycles. The number of amides is 1. The number of benzene rings is 2. The van der Waals surface area contributed by atoms with E-state index in [0.717, 1.165) is 22.3 Å². The second-order valence-electron chi connectivity index (χ2n) is 4.82. The Hall–Kier alpha value is -2.35. The van der Waals surface area contributed by atoms with Gasteiger partial charge in [-0.25, -0.2) is 0 Å². The molecule has 0 saturated carbocycles.